The third-order valence-corrected chi connectivity index (χ3v) is 3.16. The summed E-state index contributed by atoms with van der Waals surface area (Å²) >= 11 is 3.43. The summed E-state index contributed by atoms with van der Waals surface area (Å²) in [6.07, 6.45) is -0.336. The van der Waals surface area contributed by atoms with Crippen molar-refractivity contribution < 1.29 is 14.3 Å². The molecule has 1 aromatic carbocycles. The summed E-state index contributed by atoms with van der Waals surface area (Å²) in [5.74, 6) is 0. The molecule has 0 N–H and O–H groups in total. The van der Waals surface area contributed by atoms with E-state index in [0.717, 1.165) is 15.7 Å². The number of amides is 1. The zero-order valence-electron chi connectivity index (χ0n) is 11.4. The van der Waals surface area contributed by atoms with Gasteiger partial charge in [-0.1, -0.05) is 22.0 Å². The summed E-state index contributed by atoms with van der Waals surface area (Å²) in [6, 6.07) is 5.83. The summed E-state index contributed by atoms with van der Waals surface area (Å²) in [5.41, 5.74) is 1.34. The Balaban J connectivity index is 2.31. The molecule has 0 saturated heterocycles. The first-order valence-electron chi connectivity index (χ1n) is 6.23. The van der Waals surface area contributed by atoms with Crippen molar-refractivity contribution in [2.24, 2.45) is 0 Å². The van der Waals surface area contributed by atoms with Crippen LogP contribution in [0.3, 0.4) is 0 Å². The Bertz CT molecular complexity index is 482. The molecule has 0 spiro atoms. The fraction of sp³-hybridized carbons (Fsp3) is 0.500. The fourth-order valence-electron chi connectivity index (χ4n) is 1.88. The summed E-state index contributed by atoms with van der Waals surface area (Å²) in [5, 5.41) is 0. The van der Waals surface area contributed by atoms with E-state index < -0.39 is 5.60 Å². The summed E-state index contributed by atoms with van der Waals surface area (Å²) in [6.45, 7) is 7.11. The molecule has 0 fully saturated rings. The Morgan fingerprint density at radius 2 is 2.16 bits per heavy atom. The van der Waals surface area contributed by atoms with Crippen molar-refractivity contribution in [1.29, 1.82) is 0 Å². The van der Waals surface area contributed by atoms with E-state index >= 15 is 0 Å². The van der Waals surface area contributed by atoms with Gasteiger partial charge in [-0.25, -0.2) is 4.79 Å². The van der Waals surface area contributed by atoms with E-state index in [1.54, 1.807) is 4.90 Å². The Hall–Kier alpha value is -1.07. The number of rotatable bonds is 0. The van der Waals surface area contributed by atoms with Crippen LogP contribution in [0.5, 0.6) is 0 Å². The van der Waals surface area contributed by atoms with Gasteiger partial charge in [0.1, 0.15) is 5.60 Å². The van der Waals surface area contributed by atoms with Gasteiger partial charge in [-0.3, -0.25) is 4.90 Å². The van der Waals surface area contributed by atoms with Crippen molar-refractivity contribution in [3.8, 4) is 0 Å². The van der Waals surface area contributed by atoms with E-state index in [2.05, 4.69) is 15.9 Å². The summed E-state index contributed by atoms with van der Waals surface area (Å²) < 4.78 is 11.9. The lowest BCUT2D eigenvalue weighted by Gasteiger charge is -2.27. The Labute approximate surface area is 121 Å². The van der Waals surface area contributed by atoms with E-state index in [1.165, 1.54) is 0 Å². The van der Waals surface area contributed by atoms with Gasteiger partial charge in [-0.15, -0.1) is 0 Å². The molecular weight excluding hydrogens is 310 g/mol. The lowest BCUT2D eigenvalue weighted by Crippen LogP contribution is -2.38. The Morgan fingerprint density at radius 1 is 1.42 bits per heavy atom. The predicted octanol–water partition coefficient (Wildman–Crippen LogP) is 3.72. The summed E-state index contributed by atoms with van der Waals surface area (Å²) in [7, 11) is 0. The van der Waals surface area contributed by atoms with Crippen LogP contribution >= 0.6 is 15.9 Å². The average molecular weight is 328 g/mol. The highest BCUT2D eigenvalue weighted by Gasteiger charge is 2.26. The van der Waals surface area contributed by atoms with Crippen molar-refractivity contribution >= 4 is 27.7 Å². The molecule has 0 unspecified atom stereocenters. The normalized spacial score (nSPS) is 15.7. The van der Waals surface area contributed by atoms with Crippen molar-refractivity contribution in [3.63, 3.8) is 0 Å². The van der Waals surface area contributed by atoms with Gasteiger partial charge in [0.05, 0.1) is 25.4 Å². The first-order chi connectivity index (χ1) is 8.87. The minimum atomic E-state index is -0.504. The molecular formula is C14H18BrNO3. The average Bonchev–Trinajstić information content (AvgIpc) is 2.48. The molecule has 1 heterocycles. The molecule has 0 saturated carbocycles. The quantitative estimate of drug-likeness (QED) is 0.729. The second-order valence-corrected chi connectivity index (χ2v) is 6.37. The smallest absolute Gasteiger partial charge is 0.414 e. The van der Waals surface area contributed by atoms with Gasteiger partial charge in [0.25, 0.3) is 0 Å². The van der Waals surface area contributed by atoms with Gasteiger partial charge in [0.15, 0.2) is 0 Å². The SMILES string of the molecule is CC(C)(C)OC(=O)N1CCOCc2ccc(Br)cc21. The first kappa shape index (κ1) is 14.3. The molecule has 1 aliphatic heterocycles. The van der Waals surface area contributed by atoms with Gasteiger partial charge in [0, 0.05) is 10.0 Å². The largest absolute Gasteiger partial charge is 0.443 e. The minimum absolute atomic E-state index is 0.336. The zero-order valence-corrected chi connectivity index (χ0v) is 13.0. The van der Waals surface area contributed by atoms with Crippen LogP contribution in [0.2, 0.25) is 0 Å². The van der Waals surface area contributed by atoms with Crippen LogP contribution in [0.25, 0.3) is 0 Å². The molecule has 5 heteroatoms. The number of ether oxygens (including phenoxy) is 2. The van der Waals surface area contributed by atoms with E-state index in [-0.39, 0.29) is 6.09 Å². The van der Waals surface area contributed by atoms with Crippen LogP contribution in [-0.2, 0) is 16.1 Å². The number of hydrogen-bond donors (Lipinski definition) is 0. The number of hydrogen-bond acceptors (Lipinski definition) is 3. The standard InChI is InChI=1S/C14H18BrNO3/c1-14(2,3)19-13(17)16-6-7-18-9-10-4-5-11(15)8-12(10)16/h4-5,8H,6-7,9H2,1-3H3. The van der Waals surface area contributed by atoms with E-state index in [9.17, 15) is 4.79 Å². The monoisotopic (exact) mass is 327 g/mol. The molecule has 1 amide bonds. The second-order valence-electron chi connectivity index (χ2n) is 5.46. The highest BCUT2D eigenvalue weighted by Crippen LogP contribution is 2.29. The lowest BCUT2D eigenvalue weighted by molar-refractivity contribution is 0.0566. The third-order valence-electron chi connectivity index (χ3n) is 2.67. The van der Waals surface area contributed by atoms with Crippen molar-refractivity contribution in [2.45, 2.75) is 33.0 Å². The van der Waals surface area contributed by atoms with E-state index in [0.29, 0.717) is 19.8 Å². The third kappa shape index (κ3) is 3.70. The number of benzene rings is 1. The fourth-order valence-corrected chi connectivity index (χ4v) is 2.22. The predicted molar refractivity (Wildman–Crippen MR) is 77.4 cm³/mol. The van der Waals surface area contributed by atoms with Crippen LogP contribution < -0.4 is 4.90 Å². The molecule has 19 heavy (non-hydrogen) atoms. The topological polar surface area (TPSA) is 38.8 Å². The number of nitrogens with zero attached hydrogens (tertiary/aromatic N) is 1. The van der Waals surface area contributed by atoms with Gasteiger partial charge in [0.2, 0.25) is 0 Å². The summed E-state index contributed by atoms with van der Waals surface area (Å²) in [4.78, 5) is 13.9. The molecule has 0 aromatic heterocycles. The molecule has 2 rings (SSSR count). The maximum Gasteiger partial charge on any atom is 0.414 e. The van der Waals surface area contributed by atoms with E-state index in [1.807, 2.05) is 39.0 Å². The first-order valence-corrected chi connectivity index (χ1v) is 7.03. The number of halogens is 1. The molecule has 1 aromatic rings. The Kier molecular flexibility index (Phi) is 4.16. The number of fused-ring (bicyclic) bond motifs is 1. The van der Waals surface area contributed by atoms with Gasteiger partial charge >= 0.3 is 6.09 Å². The molecule has 0 bridgehead atoms. The molecule has 104 valence electrons. The van der Waals surface area contributed by atoms with Crippen molar-refractivity contribution in [2.75, 3.05) is 18.1 Å². The molecule has 1 aliphatic rings. The molecule has 4 nitrogen and oxygen atoms in total. The van der Waals surface area contributed by atoms with Crippen LogP contribution in [0.4, 0.5) is 10.5 Å². The van der Waals surface area contributed by atoms with Crippen LogP contribution in [0.15, 0.2) is 22.7 Å². The maximum absolute atomic E-state index is 12.3. The van der Waals surface area contributed by atoms with Crippen molar-refractivity contribution in [1.82, 2.24) is 0 Å². The molecule has 0 atom stereocenters. The van der Waals surface area contributed by atoms with Crippen LogP contribution in [-0.4, -0.2) is 24.8 Å². The lowest BCUT2D eigenvalue weighted by atomic mass is 10.1. The van der Waals surface area contributed by atoms with Gasteiger partial charge in [-0.05, 0) is 32.9 Å². The number of carbonyl (C=O) groups excluding carboxylic acids is 1. The van der Waals surface area contributed by atoms with E-state index in [4.69, 9.17) is 9.47 Å². The molecule has 0 radical (unpaired) electrons. The minimum Gasteiger partial charge on any atom is -0.443 e. The van der Waals surface area contributed by atoms with Gasteiger partial charge in [-0.2, -0.15) is 0 Å². The van der Waals surface area contributed by atoms with Crippen molar-refractivity contribution in [3.05, 3.63) is 28.2 Å². The van der Waals surface area contributed by atoms with Gasteiger partial charge < -0.3 is 9.47 Å². The second kappa shape index (κ2) is 5.51. The highest BCUT2D eigenvalue weighted by atomic mass is 79.9. The number of anilines is 1. The Morgan fingerprint density at radius 3 is 2.84 bits per heavy atom. The molecule has 0 aliphatic carbocycles. The zero-order chi connectivity index (χ0) is 14.0. The van der Waals surface area contributed by atoms with Crippen LogP contribution in [0.1, 0.15) is 26.3 Å². The highest BCUT2D eigenvalue weighted by molar-refractivity contribution is 9.10. The van der Waals surface area contributed by atoms with Crippen LogP contribution in [0, 0.1) is 0 Å². The number of carbonyl (C=O) groups is 1. The maximum atomic E-state index is 12.3.